The fraction of sp³-hybridized carbons (Fsp3) is 0.636. The first kappa shape index (κ1) is 38.6. The predicted octanol–water partition coefficient (Wildman–Crippen LogP) is 2.22. The largest absolute Gasteiger partial charge is 4.00 e. The Hall–Kier alpha value is 1.00. The SMILES string of the molecule is [CH-]=CC=CC(Cl)CCCCCC.[CH-]=CC=CC(Cl)CCCCCC.[Cl-].[Cl-].[Zr+4]. The molecular weight excluding hydrogens is 497 g/mol. The molecule has 0 aliphatic carbocycles. The maximum Gasteiger partial charge on any atom is 4.00 e. The molecule has 0 fully saturated rings. The van der Waals surface area contributed by atoms with Gasteiger partial charge in [-0.1, -0.05) is 65.2 Å². The van der Waals surface area contributed by atoms with Gasteiger partial charge < -0.3 is 24.8 Å². The van der Waals surface area contributed by atoms with Crippen molar-refractivity contribution in [2.45, 2.75) is 88.8 Å². The van der Waals surface area contributed by atoms with Crippen molar-refractivity contribution in [1.29, 1.82) is 0 Å². The van der Waals surface area contributed by atoms with E-state index in [-0.39, 0.29) is 61.8 Å². The second-order valence-corrected chi connectivity index (χ2v) is 7.01. The summed E-state index contributed by atoms with van der Waals surface area (Å²) in [6.45, 7) is 14.8. The average Bonchev–Trinajstić information content (AvgIpc) is 2.59. The molecule has 0 aromatic rings. The molecule has 0 saturated heterocycles. The second-order valence-electron chi connectivity index (χ2n) is 5.89. The molecule has 0 aliphatic rings. The molecular formula is C22H36Cl4Zr. The van der Waals surface area contributed by atoms with Crippen LogP contribution in [0.2, 0.25) is 0 Å². The molecule has 0 rings (SSSR count). The van der Waals surface area contributed by atoms with Crippen molar-refractivity contribution in [2.75, 3.05) is 0 Å². The Bertz CT molecular complexity index is 298. The van der Waals surface area contributed by atoms with E-state index in [4.69, 9.17) is 36.4 Å². The molecule has 0 aromatic carbocycles. The van der Waals surface area contributed by atoms with E-state index in [9.17, 15) is 0 Å². The minimum absolute atomic E-state index is 0. The average molecular weight is 534 g/mol. The van der Waals surface area contributed by atoms with E-state index in [2.05, 4.69) is 13.8 Å². The van der Waals surface area contributed by atoms with E-state index in [0.717, 1.165) is 12.8 Å². The molecule has 0 aromatic heterocycles. The summed E-state index contributed by atoms with van der Waals surface area (Å²) in [5, 5.41) is 0.309. The molecule has 2 unspecified atom stereocenters. The third-order valence-electron chi connectivity index (χ3n) is 3.53. The van der Waals surface area contributed by atoms with Crippen LogP contribution in [0.15, 0.2) is 36.5 Å². The monoisotopic (exact) mass is 530 g/mol. The van der Waals surface area contributed by atoms with Crippen molar-refractivity contribution in [3.63, 3.8) is 0 Å². The summed E-state index contributed by atoms with van der Waals surface area (Å²) < 4.78 is 0. The normalized spacial score (nSPS) is 12.0. The number of hydrogen-bond donors (Lipinski definition) is 0. The summed E-state index contributed by atoms with van der Waals surface area (Å²) in [4.78, 5) is 0. The molecule has 0 bridgehead atoms. The van der Waals surface area contributed by atoms with Gasteiger partial charge in [0, 0.05) is 10.8 Å². The van der Waals surface area contributed by atoms with Gasteiger partial charge in [-0.25, -0.2) is 24.3 Å². The summed E-state index contributed by atoms with van der Waals surface area (Å²) in [7, 11) is 0. The van der Waals surface area contributed by atoms with E-state index in [1.165, 1.54) is 63.5 Å². The minimum Gasteiger partial charge on any atom is -1.00 e. The summed E-state index contributed by atoms with van der Waals surface area (Å²) in [6.07, 6.45) is 22.8. The molecule has 0 nitrogen and oxygen atoms in total. The number of halogens is 4. The first-order valence-corrected chi connectivity index (χ1v) is 10.2. The van der Waals surface area contributed by atoms with Crippen LogP contribution in [0, 0.1) is 13.2 Å². The van der Waals surface area contributed by atoms with Crippen molar-refractivity contribution >= 4 is 23.2 Å². The van der Waals surface area contributed by atoms with E-state index in [1.807, 2.05) is 12.2 Å². The third kappa shape index (κ3) is 38.3. The fourth-order valence-corrected chi connectivity index (χ4v) is 2.57. The number of hydrogen-bond acceptors (Lipinski definition) is 0. The Morgan fingerprint density at radius 3 is 1.26 bits per heavy atom. The van der Waals surface area contributed by atoms with Gasteiger partial charge in [0.05, 0.1) is 0 Å². The molecule has 0 saturated carbocycles. The van der Waals surface area contributed by atoms with Crippen molar-refractivity contribution < 1.29 is 51.0 Å². The van der Waals surface area contributed by atoms with Gasteiger partial charge in [-0.2, -0.15) is 0 Å². The fourth-order valence-electron chi connectivity index (χ4n) is 2.09. The number of unbranched alkanes of at least 4 members (excludes halogenated alkanes) is 6. The first-order chi connectivity index (χ1) is 11.6. The minimum atomic E-state index is 0. The Morgan fingerprint density at radius 2 is 1.00 bits per heavy atom. The second kappa shape index (κ2) is 34.5. The maximum absolute atomic E-state index is 5.98. The molecule has 0 amide bonds. The Morgan fingerprint density at radius 1 is 0.667 bits per heavy atom. The summed E-state index contributed by atoms with van der Waals surface area (Å²) in [5.74, 6) is 0. The zero-order valence-corrected chi connectivity index (χ0v) is 22.3. The molecule has 27 heavy (non-hydrogen) atoms. The Kier molecular flexibility index (Phi) is 49.3. The molecule has 0 radical (unpaired) electrons. The van der Waals surface area contributed by atoms with Crippen LogP contribution in [0.4, 0.5) is 0 Å². The predicted molar refractivity (Wildman–Crippen MR) is 113 cm³/mol. The first-order valence-electron chi connectivity index (χ1n) is 9.33. The smallest absolute Gasteiger partial charge is 1.00 e. The van der Waals surface area contributed by atoms with Crippen LogP contribution in [-0.4, -0.2) is 10.8 Å². The van der Waals surface area contributed by atoms with Crippen LogP contribution in [-0.2, 0) is 26.2 Å². The number of allylic oxidation sites excluding steroid dienone is 6. The Labute approximate surface area is 211 Å². The van der Waals surface area contributed by atoms with Crippen LogP contribution in [0.5, 0.6) is 0 Å². The van der Waals surface area contributed by atoms with Gasteiger partial charge in [-0.3, -0.25) is 13.2 Å². The van der Waals surface area contributed by atoms with Crippen LogP contribution in [0.3, 0.4) is 0 Å². The zero-order chi connectivity index (χ0) is 18.5. The van der Waals surface area contributed by atoms with Crippen molar-refractivity contribution in [3.05, 3.63) is 49.6 Å². The van der Waals surface area contributed by atoms with Crippen LogP contribution in [0.25, 0.3) is 0 Å². The standard InChI is InChI=1S/2C11H18Cl.2ClH.Zr/c2*1-3-5-7-8-10-11(12)9-6-4-2;;;/h2*2,4,6,9,11H,3,5,7-8,10H2,1H3;2*1H;/q2*-1;;;+4/p-2. The van der Waals surface area contributed by atoms with Crippen LogP contribution in [0.1, 0.15) is 78.1 Å². The molecule has 0 heterocycles. The third-order valence-corrected chi connectivity index (χ3v) is 4.26. The van der Waals surface area contributed by atoms with E-state index in [0.29, 0.717) is 0 Å². The maximum atomic E-state index is 5.98. The zero-order valence-electron chi connectivity index (χ0n) is 16.9. The van der Waals surface area contributed by atoms with Crippen molar-refractivity contribution in [1.82, 2.24) is 0 Å². The molecule has 0 N–H and O–H groups in total. The summed E-state index contributed by atoms with van der Waals surface area (Å²) in [6, 6.07) is 0. The van der Waals surface area contributed by atoms with Gasteiger partial charge in [0.25, 0.3) is 0 Å². The number of alkyl halides is 2. The summed E-state index contributed by atoms with van der Waals surface area (Å²) >= 11 is 12.0. The Balaban J connectivity index is -0.000000108. The van der Waals surface area contributed by atoms with Crippen molar-refractivity contribution in [2.24, 2.45) is 0 Å². The van der Waals surface area contributed by atoms with Crippen molar-refractivity contribution in [3.8, 4) is 0 Å². The van der Waals surface area contributed by atoms with Crippen LogP contribution < -0.4 is 24.8 Å². The van der Waals surface area contributed by atoms with Gasteiger partial charge in [0.1, 0.15) is 0 Å². The van der Waals surface area contributed by atoms with E-state index in [1.54, 1.807) is 12.2 Å². The summed E-state index contributed by atoms with van der Waals surface area (Å²) in [5.41, 5.74) is 0. The molecule has 2 atom stereocenters. The van der Waals surface area contributed by atoms with Gasteiger partial charge in [0.2, 0.25) is 0 Å². The topological polar surface area (TPSA) is 0 Å². The quantitative estimate of drug-likeness (QED) is 0.139. The van der Waals surface area contributed by atoms with E-state index >= 15 is 0 Å². The van der Waals surface area contributed by atoms with Gasteiger partial charge in [-0.05, 0) is 12.8 Å². The van der Waals surface area contributed by atoms with Gasteiger partial charge >= 0.3 is 26.2 Å². The molecule has 0 spiro atoms. The van der Waals surface area contributed by atoms with Gasteiger partial charge in [0.15, 0.2) is 0 Å². The van der Waals surface area contributed by atoms with Crippen LogP contribution >= 0.6 is 23.2 Å². The van der Waals surface area contributed by atoms with Gasteiger partial charge in [-0.15, -0.1) is 35.4 Å². The van der Waals surface area contributed by atoms with E-state index < -0.39 is 0 Å². The molecule has 156 valence electrons. The molecule has 5 heteroatoms. The number of rotatable bonds is 14. The molecule has 0 aliphatic heterocycles.